The van der Waals surface area contributed by atoms with Gasteiger partial charge in [-0.1, -0.05) is 24.2 Å². The van der Waals surface area contributed by atoms with E-state index >= 15 is 0 Å². The lowest BCUT2D eigenvalue weighted by Gasteiger charge is -2.13. The Hall–Kier alpha value is -1.95. The molecule has 0 unspecified atom stereocenters. The molecule has 0 saturated heterocycles. The van der Waals surface area contributed by atoms with E-state index < -0.39 is 0 Å². The number of nitrogens with zero attached hydrogens (tertiary/aromatic N) is 3. The van der Waals surface area contributed by atoms with E-state index in [4.69, 9.17) is 0 Å². The molecule has 2 rings (SSSR count). The van der Waals surface area contributed by atoms with Crippen LogP contribution in [0.5, 0.6) is 0 Å². The first-order valence-electron chi connectivity index (χ1n) is 6.28. The lowest BCUT2D eigenvalue weighted by Crippen LogP contribution is -2.29. The molecule has 0 aliphatic carbocycles. The Morgan fingerprint density at radius 3 is 2.90 bits per heavy atom. The average molecular weight is 284 g/mol. The van der Waals surface area contributed by atoms with Crippen LogP contribution in [0.4, 0.5) is 5.00 Å². The Morgan fingerprint density at radius 1 is 1.50 bits per heavy atom. The topological polar surface area (TPSA) is 46.1 Å². The Labute approximate surface area is 123 Å². The molecule has 0 atom stereocenters. The van der Waals surface area contributed by atoms with E-state index in [0.717, 1.165) is 21.2 Å². The molecule has 0 bridgehead atoms. The van der Waals surface area contributed by atoms with Crippen LogP contribution in [0.1, 0.15) is 6.92 Å². The van der Waals surface area contributed by atoms with E-state index in [9.17, 15) is 4.79 Å². The first-order chi connectivity index (χ1) is 9.67. The van der Waals surface area contributed by atoms with Gasteiger partial charge in [-0.2, -0.15) is 0 Å². The van der Waals surface area contributed by atoms with Gasteiger partial charge in [-0.05, 0) is 25.1 Å². The number of pyridine rings is 1. The molecule has 0 N–H and O–H groups in total. The van der Waals surface area contributed by atoms with E-state index in [0.29, 0.717) is 0 Å². The molecule has 0 saturated carbocycles. The van der Waals surface area contributed by atoms with E-state index in [1.165, 1.54) is 11.3 Å². The fourth-order valence-corrected chi connectivity index (χ4v) is 2.78. The smallest absolute Gasteiger partial charge is 0.251 e. The average Bonchev–Trinajstić information content (AvgIpc) is 2.91. The van der Waals surface area contributed by atoms with Gasteiger partial charge in [-0.3, -0.25) is 9.78 Å². The number of aromatic nitrogens is 2. The molecule has 0 aromatic carbocycles. The highest BCUT2D eigenvalue weighted by atomic mass is 32.1. The van der Waals surface area contributed by atoms with Crippen LogP contribution in [0.25, 0.3) is 10.6 Å². The van der Waals surface area contributed by atoms with Crippen LogP contribution in [0.3, 0.4) is 0 Å². The maximum atomic E-state index is 11.9. The Balaban J connectivity index is 2.39. The van der Waals surface area contributed by atoms with Gasteiger partial charge in [0.2, 0.25) is 0 Å². The molecule has 101 valence electrons. The predicted molar refractivity (Wildman–Crippen MR) is 84.8 cm³/mol. The van der Waals surface area contributed by atoms with Crippen molar-refractivity contribution in [2.24, 2.45) is 0 Å². The standard InChI is InChI=1S/C14H15BN3OS/c1-4-6-11(19)18(3)14-12(15-2)17-13(20-14)10-7-5-8-16-9-10/h4-9H,1-3H3/b6-4+. The van der Waals surface area contributed by atoms with E-state index in [1.807, 2.05) is 33.2 Å². The van der Waals surface area contributed by atoms with E-state index in [-0.39, 0.29) is 5.91 Å². The van der Waals surface area contributed by atoms with Gasteiger partial charge < -0.3 is 4.90 Å². The zero-order chi connectivity index (χ0) is 14.5. The minimum absolute atomic E-state index is 0.0583. The molecule has 0 fully saturated rings. The van der Waals surface area contributed by atoms with Crippen LogP contribution >= 0.6 is 11.3 Å². The number of anilines is 1. The number of thiazole rings is 1. The fourth-order valence-electron chi connectivity index (χ4n) is 1.72. The summed E-state index contributed by atoms with van der Waals surface area (Å²) in [6.07, 6.45) is 6.78. The van der Waals surface area contributed by atoms with Crippen molar-refractivity contribution < 1.29 is 4.79 Å². The Kier molecular flexibility index (Phi) is 4.68. The molecule has 2 aromatic heterocycles. The molecular formula is C14H15BN3OS. The second-order valence-corrected chi connectivity index (χ2v) is 5.11. The van der Waals surface area contributed by atoms with Crippen LogP contribution in [-0.2, 0) is 4.79 Å². The lowest BCUT2D eigenvalue weighted by molar-refractivity contribution is -0.113. The predicted octanol–water partition coefficient (Wildman–Crippen LogP) is 2.12. The van der Waals surface area contributed by atoms with Crippen molar-refractivity contribution in [2.45, 2.75) is 13.7 Å². The maximum Gasteiger partial charge on any atom is 0.251 e. The van der Waals surface area contributed by atoms with Crippen molar-refractivity contribution in [3.63, 3.8) is 0 Å². The molecule has 1 radical (unpaired) electrons. The van der Waals surface area contributed by atoms with E-state index in [2.05, 4.69) is 9.97 Å². The monoisotopic (exact) mass is 284 g/mol. The molecule has 2 aromatic rings. The molecule has 1 amide bonds. The summed E-state index contributed by atoms with van der Waals surface area (Å²) >= 11 is 1.49. The first kappa shape index (κ1) is 14.5. The van der Waals surface area contributed by atoms with Gasteiger partial charge >= 0.3 is 0 Å². The SMILES string of the molecule is C[B]c1nc(-c2cccnc2)sc1N(C)C(=O)/C=C/C. The van der Waals surface area contributed by atoms with Crippen molar-refractivity contribution in [1.82, 2.24) is 9.97 Å². The van der Waals surface area contributed by atoms with Gasteiger partial charge in [0.1, 0.15) is 10.0 Å². The lowest BCUT2D eigenvalue weighted by atomic mass is 9.78. The zero-order valence-electron chi connectivity index (χ0n) is 11.7. The first-order valence-corrected chi connectivity index (χ1v) is 7.10. The summed E-state index contributed by atoms with van der Waals surface area (Å²) in [5.41, 5.74) is 1.77. The molecule has 0 spiro atoms. The number of carbonyl (C=O) groups excluding carboxylic acids is 1. The van der Waals surface area contributed by atoms with Gasteiger partial charge in [0.05, 0.1) is 0 Å². The minimum atomic E-state index is -0.0583. The zero-order valence-corrected chi connectivity index (χ0v) is 12.5. The van der Waals surface area contributed by atoms with Crippen molar-refractivity contribution in [1.29, 1.82) is 0 Å². The van der Waals surface area contributed by atoms with Crippen LogP contribution in [0, 0.1) is 0 Å². The van der Waals surface area contributed by atoms with Crippen LogP contribution in [0.2, 0.25) is 6.82 Å². The summed E-state index contributed by atoms with van der Waals surface area (Å²) in [5.74, 6) is -0.0583. The van der Waals surface area contributed by atoms with Crippen LogP contribution < -0.4 is 10.5 Å². The highest BCUT2D eigenvalue weighted by Gasteiger charge is 2.18. The van der Waals surface area contributed by atoms with Crippen molar-refractivity contribution in [3.05, 3.63) is 36.7 Å². The van der Waals surface area contributed by atoms with E-state index in [1.54, 1.807) is 36.5 Å². The van der Waals surface area contributed by atoms with Crippen molar-refractivity contribution in [2.75, 3.05) is 11.9 Å². The molecule has 0 aliphatic heterocycles. The highest BCUT2D eigenvalue weighted by Crippen LogP contribution is 2.28. The van der Waals surface area contributed by atoms with Crippen LogP contribution in [-0.4, -0.2) is 30.2 Å². The third-order valence-corrected chi connectivity index (χ3v) is 3.96. The summed E-state index contributed by atoms with van der Waals surface area (Å²) in [5, 5.41) is 1.70. The van der Waals surface area contributed by atoms with Crippen LogP contribution in [0.15, 0.2) is 36.7 Å². The summed E-state index contributed by atoms with van der Waals surface area (Å²) in [7, 11) is 3.67. The maximum absolute atomic E-state index is 11.9. The normalized spacial score (nSPS) is 10.8. The number of rotatable bonds is 4. The minimum Gasteiger partial charge on any atom is -0.303 e. The summed E-state index contributed by atoms with van der Waals surface area (Å²) in [4.78, 5) is 22.2. The molecular weight excluding hydrogens is 269 g/mol. The van der Waals surface area contributed by atoms with Gasteiger partial charge in [0.15, 0.2) is 7.28 Å². The third-order valence-electron chi connectivity index (χ3n) is 2.76. The number of likely N-dealkylation sites (N-methyl/N-ethyl adjacent to an activating group) is 1. The van der Waals surface area contributed by atoms with Gasteiger partial charge in [-0.25, -0.2) is 4.98 Å². The number of amides is 1. The molecule has 0 aliphatic rings. The summed E-state index contributed by atoms with van der Waals surface area (Å²) in [6.45, 7) is 3.74. The molecule has 20 heavy (non-hydrogen) atoms. The largest absolute Gasteiger partial charge is 0.303 e. The molecule has 6 heteroatoms. The van der Waals surface area contributed by atoms with Gasteiger partial charge in [0, 0.05) is 30.6 Å². The second-order valence-electron chi connectivity index (χ2n) is 4.14. The van der Waals surface area contributed by atoms with Crippen molar-refractivity contribution >= 4 is 35.1 Å². The third kappa shape index (κ3) is 2.96. The number of carbonyl (C=O) groups is 1. The molecule has 4 nitrogen and oxygen atoms in total. The second kappa shape index (κ2) is 6.48. The number of hydrogen-bond acceptors (Lipinski definition) is 4. The summed E-state index contributed by atoms with van der Waals surface area (Å²) < 4.78 is 0. The van der Waals surface area contributed by atoms with Crippen molar-refractivity contribution in [3.8, 4) is 10.6 Å². The van der Waals surface area contributed by atoms with Gasteiger partial charge in [-0.15, -0.1) is 0 Å². The summed E-state index contributed by atoms with van der Waals surface area (Å²) in [6, 6.07) is 3.84. The Morgan fingerprint density at radius 2 is 2.30 bits per heavy atom. The number of hydrogen-bond donors (Lipinski definition) is 0. The molecule has 2 heterocycles. The number of allylic oxidation sites excluding steroid dienone is 1. The fraction of sp³-hybridized carbons (Fsp3) is 0.214. The highest BCUT2D eigenvalue weighted by molar-refractivity contribution is 7.20. The Bertz CT molecular complexity index is 625. The van der Waals surface area contributed by atoms with Gasteiger partial charge in [0.25, 0.3) is 5.91 Å². The quantitative estimate of drug-likeness (QED) is 0.638.